The Kier molecular flexibility index (Phi) is 3.87. The van der Waals surface area contributed by atoms with Crippen LogP contribution in [0.5, 0.6) is 0 Å². The average Bonchev–Trinajstić information content (AvgIpc) is 3.11. The van der Waals surface area contributed by atoms with Gasteiger partial charge < -0.3 is 4.57 Å². The lowest BCUT2D eigenvalue weighted by Gasteiger charge is -2.24. The van der Waals surface area contributed by atoms with E-state index in [1.165, 1.54) is 21.5 Å². The van der Waals surface area contributed by atoms with Crippen molar-refractivity contribution in [3.05, 3.63) is 47.2 Å². The Balaban J connectivity index is 1.70. The quantitative estimate of drug-likeness (QED) is 0.667. The molecule has 1 aromatic carbocycles. The Morgan fingerprint density at radius 3 is 2.83 bits per heavy atom. The highest BCUT2D eigenvalue weighted by Crippen LogP contribution is 2.35. The summed E-state index contributed by atoms with van der Waals surface area (Å²) in [5, 5.41) is 6.79. The number of nitrogens with zero attached hydrogens (tertiary/aromatic N) is 4. The van der Waals surface area contributed by atoms with E-state index >= 15 is 0 Å². The fraction of sp³-hybridized carbons (Fsp3) is 0.294. The fourth-order valence-electron chi connectivity index (χ4n) is 3.03. The standard InChI is InChI=1S/C17H18N4S2/c1-3-21-14-11-20(10-12-7-5-4-6-8-12)18-9-13(14)15-16(21)19-17(22-2)23-15/h4-9H,3,10-11H2,1-2H3. The summed E-state index contributed by atoms with van der Waals surface area (Å²) < 4.78 is 4.73. The number of hydrogen-bond donors (Lipinski definition) is 0. The van der Waals surface area contributed by atoms with Crippen molar-refractivity contribution in [3.8, 4) is 0 Å². The van der Waals surface area contributed by atoms with Crippen LogP contribution in [0.2, 0.25) is 0 Å². The maximum atomic E-state index is 4.78. The first-order valence-electron chi connectivity index (χ1n) is 7.69. The van der Waals surface area contributed by atoms with Crippen LogP contribution in [0.15, 0.2) is 39.8 Å². The van der Waals surface area contributed by atoms with Gasteiger partial charge in [-0.25, -0.2) is 4.98 Å². The molecule has 0 saturated carbocycles. The van der Waals surface area contributed by atoms with E-state index in [9.17, 15) is 0 Å². The van der Waals surface area contributed by atoms with Gasteiger partial charge in [-0.3, -0.25) is 5.01 Å². The Hall–Kier alpha value is -1.79. The molecule has 0 atom stereocenters. The summed E-state index contributed by atoms with van der Waals surface area (Å²) in [5.41, 5.74) is 4.98. The molecule has 4 rings (SSSR count). The molecule has 0 spiro atoms. The van der Waals surface area contributed by atoms with Gasteiger partial charge in [-0.05, 0) is 18.7 Å². The third-order valence-corrected chi connectivity index (χ3v) is 6.17. The maximum Gasteiger partial charge on any atom is 0.153 e. The summed E-state index contributed by atoms with van der Waals surface area (Å²) in [5.74, 6) is 0. The first-order valence-corrected chi connectivity index (χ1v) is 9.73. The van der Waals surface area contributed by atoms with Crippen LogP contribution < -0.4 is 0 Å². The topological polar surface area (TPSA) is 33.4 Å². The summed E-state index contributed by atoms with van der Waals surface area (Å²) in [7, 11) is 0. The largest absolute Gasteiger partial charge is 0.327 e. The van der Waals surface area contributed by atoms with Crippen LogP contribution in [-0.2, 0) is 19.6 Å². The van der Waals surface area contributed by atoms with E-state index in [2.05, 4.69) is 52.1 Å². The van der Waals surface area contributed by atoms with Gasteiger partial charge in [-0.2, -0.15) is 5.10 Å². The van der Waals surface area contributed by atoms with Crippen molar-refractivity contribution in [2.45, 2.75) is 30.9 Å². The minimum absolute atomic E-state index is 0.836. The molecule has 0 N–H and O–H groups in total. The van der Waals surface area contributed by atoms with Crippen LogP contribution in [0.1, 0.15) is 23.7 Å². The number of hydrazone groups is 1. The first-order chi connectivity index (χ1) is 11.3. The van der Waals surface area contributed by atoms with Crippen molar-refractivity contribution in [2.24, 2.45) is 5.10 Å². The molecular weight excluding hydrogens is 324 g/mol. The average molecular weight is 342 g/mol. The molecule has 0 fully saturated rings. The van der Waals surface area contributed by atoms with E-state index in [0.717, 1.165) is 29.6 Å². The second-order valence-electron chi connectivity index (χ2n) is 5.49. The van der Waals surface area contributed by atoms with Crippen molar-refractivity contribution in [1.82, 2.24) is 14.6 Å². The number of benzene rings is 1. The van der Waals surface area contributed by atoms with Gasteiger partial charge in [-0.1, -0.05) is 42.1 Å². The van der Waals surface area contributed by atoms with Gasteiger partial charge in [0, 0.05) is 12.1 Å². The highest BCUT2D eigenvalue weighted by molar-refractivity contribution is 8.00. The highest BCUT2D eigenvalue weighted by atomic mass is 32.2. The molecule has 0 amide bonds. The van der Waals surface area contributed by atoms with Crippen LogP contribution in [0.25, 0.3) is 10.3 Å². The minimum Gasteiger partial charge on any atom is -0.327 e. The minimum atomic E-state index is 0.836. The van der Waals surface area contributed by atoms with Gasteiger partial charge in [0.2, 0.25) is 0 Å². The first kappa shape index (κ1) is 14.8. The normalized spacial score (nSPS) is 13.7. The molecule has 2 aromatic heterocycles. The zero-order valence-corrected chi connectivity index (χ0v) is 14.8. The Labute approximate surface area is 143 Å². The Bertz CT molecular complexity index is 864. The van der Waals surface area contributed by atoms with Crippen molar-refractivity contribution < 1.29 is 0 Å². The van der Waals surface area contributed by atoms with E-state index in [1.807, 2.05) is 12.3 Å². The molecule has 3 heterocycles. The Morgan fingerprint density at radius 2 is 2.09 bits per heavy atom. The lowest BCUT2D eigenvalue weighted by atomic mass is 10.2. The van der Waals surface area contributed by atoms with Crippen molar-refractivity contribution in [2.75, 3.05) is 6.26 Å². The predicted molar refractivity (Wildman–Crippen MR) is 98.3 cm³/mol. The van der Waals surface area contributed by atoms with Crippen LogP contribution in [0, 0.1) is 0 Å². The number of thioether (sulfide) groups is 1. The number of hydrogen-bond acceptors (Lipinski definition) is 5. The summed E-state index contributed by atoms with van der Waals surface area (Å²) in [6, 6.07) is 10.5. The van der Waals surface area contributed by atoms with Crippen LogP contribution >= 0.6 is 23.1 Å². The molecule has 118 valence electrons. The third-order valence-electron chi connectivity index (χ3n) is 4.11. The summed E-state index contributed by atoms with van der Waals surface area (Å²) in [6.07, 6.45) is 4.09. The second kappa shape index (κ2) is 6.02. The van der Waals surface area contributed by atoms with Crippen molar-refractivity contribution >= 4 is 39.7 Å². The van der Waals surface area contributed by atoms with E-state index in [0.29, 0.717) is 0 Å². The molecule has 1 aliphatic rings. The van der Waals surface area contributed by atoms with Gasteiger partial charge in [0.05, 0.1) is 29.7 Å². The van der Waals surface area contributed by atoms with E-state index in [1.54, 1.807) is 23.1 Å². The lowest BCUT2D eigenvalue weighted by Crippen LogP contribution is -2.23. The molecule has 4 nitrogen and oxygen atoms in total. The van der Waals surface area contributed by atoms with Crippen LogP contribution in [0.3, 0.4) is 0 Å². The zero-order chi connectivity index (χ0) is 15.8. The van der Waals surface area contributed by atoms with Crippen molar-refractivity contribution in [1.29, 1.82) is 0 Å². The number of rotatable bonds is 4. The van der Waals surface area contributed by atoms with Crippen molar-refractivity contribution in [3.63, 3.8) is 0 Å². The summed E-state index contributed by atoms with van der Waals surface area (Å²) in [4.78, 5) is 4.78. The Morgan fingerprint density at radius 1 is 1.26 bits per heavy atom. The molecule has 3 aromatic rings. The van der Waals surface area contributed by atoms with E-state index in [4.69, 9.17) is 4.98 Å². The SMILES string of the molecule is CCn1c2c(c3sc(SC)nc31)C=NN(Cc1ccccc1)C2. The van der Waals surface area contributed by atoms with E-state index in [-0.39, 0.29) is 0 Å². The zero-order valence-electron chi connectivity index (χ0n) is 13.2. The van der Waals surface area contributed by atoms with Gasteiger partial charge in [-0.15, -0.1) is 11.3 Å². The molecule has 0 aliphatic carbocycles. The molecule has 23 heavy (non-hydrogen) atoms. The number of aromatic nitrogens is 2. The van der Waals surface area contributed by atoms with Gasteiger partial charge in [0.25, 0.3) is 0 Å². The third kappa shape index (κ3) is 2.56. The maximum absolute atomic E-state index is 4.78. The monoisotopic (exact) mass is 342 g/mol. The van der Waals surface area contributed by atoms with Crippen LogP contribution in [0.4, 0.5) is 0 Å². The fourth-order valence-corrected chi connectivity index (χ4v) is 4.63. The highest BCUT2D eigenvalue weighted by Gasteiger charge is 2.23. The molecule has 0 bridgehead atoms. The number of fused-ring (bicyclic) bond motifs is 3. The summed E-state index contributed by atoms with van der Waals surface area (Å²) in [6.45, 7) is 4.80. The molecule has 0 radical (unpaired) electrons. The van der Waals surface area contributed by atoms with Crippen LogP contribution in [-0.4, -0.2) is 27.0 Å². The van der Waals surface area contributed by atoms with Gasteiger partial charge >= 0.3 is 0 Å². The smallest absolute Gasteiger partial charge is 0.153 e. The van der Waals surface area contributed by atoms with Gasteiger partial charge in [0.1, 0.15) is 0 Å². The van der Waals surface area contributed by atoms with E-state index < -0.39 is 0 Å². The molecule has 0 unspecified atom stereocenters. The second-order valence-corrected chi connectivity index (χ2v) is 7.55. The number of thiazole rings is 1. The number of aryl methyl sites for hydroxylation is 1. The summed E-state index contributed by atoms with van der Waals surface area (Å²) >= 11 is 3.49. The predicted octanol–water partition coefficient (Wildman–Crippen LogP) is 4.19. The molecule has 1 aliphatic heterocycles. The lowest BCUT2D eigenvalue weighted by molar-refractivity contribution is 0.261. The molecule has 6 heteroatoms. The molecule has 0 saturated heterocycles. The molecular formula is C17H18N4S2. The van der Waals surface area contributed by atoms with Gasteiger partial charge in [0.15, 0.2) is 9.99 Å².